The molecule has 252 valence electrons. The third-order valence-corrected chi connectivity index (χ3v) is 11.8. The quantitative estimate of drug-likeness (QED) is 0.180. The van der Waals surface area contributed by atoms with Crippen LogP contribution < -0.4 is 15.5 Å². The third-order valence-electron chi connectivity index (χ3n) is 10.2. The molecule has 0 unspecified atom stereocenters. The van der Waals surface area contributed by atoms with Gasteiger partial charge in [0.25, 0.3) is 0 Å². The van der Waals surface area contributed by atoms with Crippen LogP contribution in [-0.4, -0.2) is 42.0 Å². The molecule has 5 aliphatic rings. The van der Waals surface area contributed by atoms with Gasteiger partial charge in [0.05, 0.1) is 32.8 Å². The largest absolute Gasteiger partial charge is 0.371 e. The van der Waals surface area contributed by atoms with Gasteiger partial charge in [0.1, 0.15) is 6.34 Å². The Balaban J connectivity index is 1.11. The Morgan fingerprint density at radius 3 is 2.14 bits per heavy atom. The fourth-order valence-corrected chi connectivity index (χ4v) is 8.92. The second-order valence-electron chi connectivity index (χ2n) is 13.5. The average molecular weight is 697 g/mol. The van der Waals surface area contributed by atoms with E-state index in [9.17, 15) is 0 Å². The summed E-state index contributed by atoms with van der Waals surface area (Å²) in [4.78, 5) is 23.9. The first-order chi connectivity index (χ1) is 24.7. The summed E-state index contributed by atoms with van der Waals surface area (Å²) < 4.78 is 0. The summed E-state index contributed by atoms with van der Waals surface area (Å²) in [5, 5.41) is 13.9. The van der Waals surface area contributed by atoms with Gasteiger partial charge >= 0.3 is 0 Å². The van der Waals surface area contributed by atoms with Crippen molar-refractivity contribution >= 4 is 79.4 Å². The van der Waals surface area contributed by atoms with Crippen LogP contribution in [-0.2, 0) is 0 Å². The number of nitrogens with one attached hydrogen (secondary N) is 2. The van der Waals surface area contributed by atoms with E-state index in [0.717, 1.165) is 62.7 Å². The molecule has 2 aromatic heterocycles. The lowest BCUT2D eigenvalue weighted by atomic mass is 9.89. The highest BCUT2D eigenvalue weighted by Gasteiger charge is 2.32. The van der Waals surface area contributed by atoms with Gasteiger partial charge in [0.15, 0.2) is 0 Å². The first-order valence-corrected chi connectivity index (χ1v) is 19.7. The minimum Gasteiger partial charge on any atom is -0.371 e. The monoisotopic (exact) mass is 696 g/mol. The summed E-state index contributed by atoms with van der Waals surface area (Å²) in [7, 11) is 0. The van der Waals surface area contributed by atoms with Gasteiger partial charge in [-0.3, -0.25) is 0 Å². The number of thiophene rings is 2. The molecular weight excluding hydrogens is 657 g/mol. The number of hydrogen-bond acceptors (Lipinski definition) is 10. The van der Waals surface area contributed by atoms with Crippen LogP contribution in [0, 0.1) is 0 Å². The summed E-state index contributed by atoms with van der Waals surface area (Å²) in [6.07, 6.45) is 17.5. The van der Waals surface area contributed by atoms with E-state index in [4.69, 9.17) is 9.98 Å². The van der Waals surface area contributed by atoms with Crippen LogP contribution >= 0.6 is 22.7 Å². The Morgan fingerprint density at radius 1 is 0.680 bits per heavy atom. The molecule has 0 atom stereocenters. The Morgan fingerprint density at radius 2 is 1.40 bits per heavy atom. The molecular formula is C40H40N8S2. The highest BCUT2D eigenvalue weighted by atomic mass is 32.1. The SMILES string of the molecule is C1=NC2=NC(c3ccc(N4CCCCC4)cc3Nc3cccs3)=CC3=CC(c4ccc(C5CCCCCC5)cc4Nc4cccs4)=NC(=N1)N32. The molecule has 50 heavy (non-hydrogen) atoms. The summed E-state index contributed by atoms with van der Waals surface area (Å²) >= 11 is 3.41. The zero-order chi connectivity index (χ0) is 33.3. The molecule has 1 aliphatic carbocycles. The van der Waals surface area contributed by atoms with Crippen LogP contribution in [0.2, 0.25) is 0 Å². The maximum absolute atomic E-state index is 5.09. The van der Waals surface area contributed by atoms with Gasteiger partial charge in [-0.1, -0.05) is 37.8 Å². The van der Waals surface area contributed by atoms with E-state index in [1.807, 2.05) is 4.90 Å². The highest BCUT2D eigenvalue weighted by Crippen LogP contribution is 2.39. The van der Waals surface area contributed by atoms with E-state index in [2.05, 4.69) is 109 Å². The number of hydrogen-bond donors (Lipinski definition) is 2. The van der Waals surface area contributed by atoms with Crippen molar-refractivity contribution in [3.63, 3.8) is 0 Å². The smallest absolute Gasteiger partial charge is 0.239 e. The number of guanidine groups is 2. The van der Waals surface area contributed by atoms with Gasteiger partial charge in [-0.2, -0.15) is 0 Å². The van der Waals surface area contributed by atoms with Crippen LogP contribution in [0.5, 0.6) is 0 Å². The van der Waals surface area contributed by atoms with Crippen molar-refractivity contribution in [1.29, 1.82) is 0 Å². The molecule has 10 heteroatoms. The highest BCUT2D eigenvalue weighted by molar-refractivity contribution is 7.14. The normalized spacial score (nSPS) is 19.1. The maximum atomic E-state index is 5.09. The Labute approximate surface area is 301 Å². The molecule has 4 aliphatic heterocycles. The molecule has 0 amide bonds. The van der Waals surface area contributed by atoms with Crippen molar-refractivity contribution in [1.82, 2.24) is 4.90 Å². The molecule has 2 N–H and O–H groups in total. The molecule has 1 saturated carbocycles. The summed E-state index contributed by atoms with van der Waals surface area (Å²) in [6, 6.07) is 22.1. The van der Waals surface area contributed by atoms with Gasteiger partial charge in [-0.15, -0.1) is 22.7 Å². The Hall–Kier alpha value is -4.80. The molecule has 2 aromatic carbocycles. The molecule has 9 rings (SSSR count). The van der Waals surface area contributed by atoms with Crippen LogP contribution in [0.1, 0.15) is 80.4 Å². The van der Waals surface area contributed by atoms with Gasteiger partial charge < -0.3 is 15.5 Å². The van der Waals surface area contributed by atoms with E-state index in [1.54, 1.807) is 29.0 Å². The molecule has 4 aromatic rings. The van der Waals surface area contributed by atoms with E-state index in [1.165, 1.54) is 69.0 Å². The van der Waals surface area contributed by atoms with Gasteiger partial charge in [-0.25, -0.2) is 24.9 Å². The van der Waals surface area contributed by atoms with Crippen molar-refractivity contribution in [2.75, 3.05) is 28.6 Å². The van der Waals surface area contributed by atoms with Gasteiger partial charge in [0, 0.05) is 35.6 Å². The fourth-order valence-electron chi connectivity index (χ4n) is 7.66. The number of rotatable bonds is 8. The first kappa shape index (κ1) is 31.2. The lowest BCUT2D eigenvalue weighted by molar-refractivity contribution is 0.578. The van der Waals surface area contributed by atoms with E-state index in [-0.39, 0.29) is 0 Å². The number of nitrogens with zero attached hydrogens (tertiary/aromatic N) is 6. The summed E-state index contributed by atoms with van der Waals surface area (Å²) in [6.45, 7) is 2.18. The minimum atomic E-state index is 0.573. The van der Waals surface area contributed by atoms with Crippen molar-refractivity contribution in [2.45, 2.75) is 63.7 Å². The van der Waals surface area contributed by atoms with Crippen molar-refractivity contribution in [3.05, 3.63) is 106 Å². The topological polar surface area (TPSA) is 80.0 Å². The Kier molecular flexibility index (Phi) is 8.64. The lowest BCUT2D eigenvalue weighted by Crippen LogP contribution is -2.40. The zero-order valence-corrected chi connectivity index (χ0v) is 29.6. The van der Waals surface area contributed by atoms with Gasteiger partial charge in [-0.05, 0) is 115 Å². The number of benzene rings is 2. The predicted molar refractivity (Wildman–Crippen MR) is 212 cm³/mol. The fraction of sp³-hybridized carbons (Fsp3) is 0.300. The molecule has 6 heterocycles. The van der Waals surface area contributed by atoms with Crippen molar-refractivity contribution < 1.29 is 0 Å². The van der Waals surface area contributed by atoms with E-state index in [0.29, 0.717) is 17.8 Å². The zero-order valence-electron chi connectivity index (χ0n) is 28.0. The molecule has 2 fully saturated rings. The minimum absolute atomic E-state index is 0.573. The van der Waals surface area contributed by atoms with Gasteiger partial charge in [0.2, 0.25) is 11.9 Å². The van der Waals surface area contributed by atoms with Crippen LogP contribution in [0.3, 0.4) is 0 Å². The average Bonchev–Trinajstić information content (AvgIpc) is 3.80. The second kappa shape index (κ2) is 13.8. The number of piperidine rings is 1. The lowest BCUT2D eigenvalue weighted by Gasteiger charge is -2.32. The van der Waals surface area contributed by atoms with Crippen LogP contribution in [0.15, 0.2) is 109 Å². The standard InChI is InChI=1S/C40H40N8S2/c1-2-5-11-27(10-4-1)28-14-16-31(33(22-28)43-37-12-8-20-49-37)35-24-30-25-36(46-40-42-26-41-39(45-35)48(30)40)32-17-15-29(47-18-6-3-7-19-47)23-34(32)44-38-13-9-21-50-38/h8-9,12-17,20-27,43-44H,1-7,10-11,18-19H2. The molecule has 0 radical (unpaired) electrons. The van der Waals surface area contributed by atoms with E-state index >= 15 is 0 Å². The van der Waals surface area contributed by atoms with E-state index < -0.39 is 0 Å². The van der Waals surface area contributed by atoms with Crippen LogP contribution in [0.4, 0.5) is 27.1 Å². The first-order valence-electron chi connectivity index (χ1n) is 17.9. The number of anilines is 5. The molecule has 8 nitrogen and oxygen atoms in total. The van der Waals surface area contributed by atoms with Crippen molar-refractivity contribution in [3.8, 4) is 0 Å². The maximum Gasteiger partial charge on any atom is 0.239 e. The molecule has 1 saturated heterocycles. The third kappa shape index (κ3) is 6.33. The number of allylic oxidation sites excluding steroid dienone is 2. The molecule has 0 spiro atoms. The summed E-state index contributed by atoms with van der Waals surface area (Å²) in [5.41, 5.74) is 9.52. The summed E-state index contributed by atoms with van der Waals surface area (Å²) in [5.74, 6) is 1.75. The van der Waals surface area contributed by atoms with Crippen LogP contribution in [0.25, 0.3) is 5.70 Å². The molecule has 0 bridgehead atoms. The second-order valence-corrected chi connectivity index (χ2v) is 15.4. The number of aliphatic imine (C=N–C) groups is 4. The van der Waals surface area contributed by atoms with Crippen molar-refractivity contribution in [2.24, 2.45) is 20.0 Å². The Bertz CT molecular complexity index is 2060. The predicted octanol–water partition coefficient (Wildman–Crippen LogP) is 10.5.